The van der Waals surface area contributed by atoms with Crippen molar-refractivity contribution >= 4 is 28.3 Å². The molecule has 0 saturated heterocycles. The molecule has 2 bridgehead atoms. The van der Waals surface area contributed by atoms with Crippen molar-refractivity contribution in [1.82, 2.24) is 9.78 Å². The van der Waals surface area contributed by atoms with Crippen LogP contribution in [0.5, 0.6) is 0 Å². The average Bonchev–Trinajstić information content (AvgIpc) is 3.44. The lowest BCUT2D eigenvalue weighted by molar-refractivity contribution is -0.146. The molecule has 1 saturated carbocycles. The van der Waals surface area contributed by atoms with E-state index in [1.165, 1.54) is 10.8 Å². The third-order valence-corrected chi connectivity index (χ3v) is 6.88. The molecule has 1 aromatic heterocycles. The van der Waals surface area contributed by atoms with Crippen LogP contribution in [0.2, 0.25) is 0 Å². The highest BCUT2D eigenvalue weighted by molar-refractivity contribution is 5.97. The van der Waals surface area contributed by atoms with Crippen LogP contribution >= 0.6 is 0 Å². The molecule has 1 heterocycles. The van der Waals surface area contributed by atoms with Crippen molar-refractivity contribution in [2.75, 3.05) is 5.32 Å². The predicted octanol–water partition coefficient (Wildman–Crippen LogP) is 4.16. The van der Waals surface area contributed by atoms with Crippen molar-refractivity contribution < 1.29 is 14.7 Å². The molecule has 2 N–H and O–H groups in total. The summed E-state index contributed by atoms with van der Waals surface area (Å²) in [5.41, 5.74) is 3.44. The number of carboxylic acid groups (broad SMARTS) is 1. The minimum atomic E-state index is -0.892. The van der Waals surface area contributed by atoms with Gasteiger partial charge in [-0.05, 0) is 48.4 Å². The number of carbonyl (C=O) groups is 2. The van der Waals surface area contributed by atoms with E-state index in [9.17, 15) is 14.7 Å². The molecule has 6 heteroatoms. The number of anilines is 1. The Labute approximate surface area is 180 Å². The number of rotatable bonds is 5. The van der Waals surface area contributed by atoms with E-state index in [-0.39, 0.29) is 17.7 Å². The van der Waals surface area contributed by atoms with Gasteiger partial charge in [0.1, 0.15) is 0 Å². The maximum absolute atomic E-state index is 13.1. The van der Waals surface area contributed by atoms with Crippen molar-refractivity contribution in [3.05, 3.63) is 71.6 Å². The molecule has 158 valence electrons. The van der Waals surface area contributed by atoms with Gasteiger partial charge in [0, 0.05) is 0 Å². The van der Waals surface area contributed by atoms with E-state index in [2.05, 4.69) is 34.7 Å². The number of amides is 1. The highest BCUT2D eigenvalue weighted by Gasteiger charge is 2.51. The second-order valence-corrected chi connectivity index (χ2v) is 8.67. The Morgan fingerprint density at radius 3 is 2.55 bits per heavy atom. The number of carbonyl (C=O) groups excluding carboxylic acids is 1. The summed E-state index contributed by atoms with van der Waals surface area (Å²) in [6, 6.07) is 14.5. The lowest BCUT2D eigenvalue weighted by atomic mass is 9.82. The fourth-order valence-corrected chi connectivity index (χ4v) is 5.35. The smallest absolute Gasteiger partial charge is 0.307 e. The Morgan fingerprint density at radius 1 is 1.06 bits per heavy atom. The molecule has 2 aliphatic rings. The minimum Gasteiger partial charge on any atom is -0.481 e. The fourth-order valence-electron chi connectivity index (χ4n) is 5.35. The number of allylic oxidation sites excluding steroid dienone is 2. The van der Waals surface area contributed by atoms with Crippen LogP contribution in [0.1, 0.15) is 23.4 Å². The minimum absolute atomic E-state index is 0.00237. The Bertz CT molecular complexity index is 1220. The first-order chi connectivity index (χ1) is 14.9. The number of nitrogens with one attached hydrogen (secondary N) is 1. The Kier molecular flexibility index (Phi) is 4.65. The van der Waals surface area contributed by atoms with E-state index in [1.807, 2.05) is 48.9 Å². The predicted molar refractivity (Wildman–Crippen MR) is 119 cm³/mol. The highest BCUT2D eigenvalue weighted by atomic mass is 16.4. The molecule has 0 spiro atoms. The molecule has 0 aliphatic heterocycles. The second-order valence-electron chi connectivity index (χ2n) is 8.67. The molecule has 4 atom stereocenters. The molecule has 2 aromatic carbocycles. The molecule has 1 amide bonds. The van der Waals surface area contributed by atoms with Gasteiger partial charge in [0.2, 0.25) is 5.91 Å². The lowest BCUT2D eigenvalue weighted by Gasteiger charge is -2.24. The van der Waals surface area contributed by atoms with E-state index in [0.29, 0.717) is 12.2 Å². The van der Waals surface area contributed by atoms with Crippen LogP contribution in [-0.4, -0.2) is 26.8 Å². The van der Waals surface area contributed by atoms with Gasteiger partial charge >= 0.3 is 5.97 Å². The van der Waals surface area contributed by atoms with Crippen LogP contribution in [-0.2, 0) is 16.1 Å². The number of aryl methyl sites for hydroxylation is 1. The van der Waals surface area contributed by atoms with Gasteiger partial charge in [-0.2, -0.15) is 5.10 Å². The van der Waals surface area contributed by atoms with Crippen LogP contribution < -0.4 is 5.32 Å². The third-order valence-electron chi connectivity index (χ3n) is 6.88. The summed E-state index contributed by atoms with van der Waals surface area (Å²) in [6.45, 7) is 4.41. The maximum Gasteiger partial charge on any atom is 0.307 e. The molecular formula is C25H25N3O3. The molecular weight excluding hydrogens is 390 g/mol. The average molecular weight is 415 g/mol. The van der Waals surface area contributed by atoms with E-state index >= 15 is 0 Å². The maximum atomic E-state index is 13.1. The van der Waals surface area contributed by atoms with Crippen molar-refractivity contribution in [2.24, 2.45) is 23.7 Å². The first-order valence-electron chi connectivity index (χ1n) is 10.7. The summed E-state index contributed by atoms with van der Waals surface area (Å²) in [4.78, 5) is 24.9. The van der Waals surface area contributed by atoms with Crippen molar-refractivity contribution in [2.45, 2.75) is 26.8 Å². The van der Waals surface area contributed by atoms with Crippen LogP contribution in [0, 0.1) is 37.5 Å². The molecule has 4 unspecified atom stereocenters. The molecule has 0 radical (unpaired) electrons. The third kappa shape index (κ3) is 3.23. The van der Waals surface area contributed by atoms with Gasteiger partial charge in [-0.1, -0.05) is 54.6 Å². The summed E-state index contributed by atoms with van der Waals surface area (Å²) >= 11 is 0. The number of hydrogen-bond donors (Lipinski definition) is 2. The number of nitrogens with zero attached hydrogens (tertiary/aromatic N) is 2. The zero-order chi connectivity index (χ0) is 21.7. The van der Waals surface area contributed by atoms with Crippen LogP contribution in [0.15, 0.2) is 54.6 Å². The monoisotopic (exact) mass is 415 g/mol. The number of hydrogen-bond acceptors (Lipinski definition) is 3. The molecule has 6 nitrogen and oxygen atoms in total. The van der Waals surface area contributed by atoms with Crippen molar-refractivity contribution in [1.29, 1.82) is 0 Å². The highest BCUT2D eigenvalue weighted by Crippen LogP contribution is 2.48. The molecule has 2 aliphatic carbocycles. The van der Waals surface area contributed by atoms with Gasteiger partial charge in [0.15, 0.2) is 0 Å². The van der Waals surface area contributed by atoms with Gasteiger partial charge in [-0.25, -0.2) is 0 Å². The first-order valence-corrected chi connectivity index (χ1v) is 10.7. The summed E-state index contributed by atoms with van der Waals surface area (Å²) in [5, 5.41) is 19.7. The topological polar surface area (TPSA) is 84.2 Å². The molecule has 1 fully saturated rings. The number of fused-ring (bicyclic) bond motifs is 3. The summed E-state index contributed by atoms with van der Waals surface area (Å²) < 4.78 is 1.90. The number of aromatic nitrogens is 2. The number of benzene rings is 2. The van der Waals surface area contributed by atoms with Gasteiger partial charge in [0.25, 0.3) is 0 Å². The van der Waals surface area contributed by atoms with Crippen molar-refractivity contribution in [3.8, 4) is 0 Å². The quantitative estimate of drug-likeness (QED) is 0.613. The zero-order valence-electron chi connectivity index (χ0n) is 17.6. The Hall–Kier alpha value is -3.41. The van der Waals surface area contributed by atoms with Gasteiger partial charge in [-0.3, -0.25) is 14.3 Å². The van der Waals surface area contributed by atoms with Gasteiger partial charge < -0.3 is 10.4 Å². The molecule has 3 aromatic rings. The zero-order valence-corrected chi connectivity index (χ0v) is 17.6. The summed E-state index contributed by atoms with van der Waals surface area (Å²) in [7, 11) is 0. The van der Waals surface area contributed by atoms with E-state index in [4.69, 9.17) is 0 Å². The van der Waals surface area contributed by atoms with E-state index in [1.54, 1.807) is 0 Å². The molecule has 5 rings (SSSR count). The van der Waals surface area contributed by atoms with Gasteiger partial charge in [0.05, 0.1) is 35.5 Å². The second kappa shape index (κ2) is 7.38. The summed E-state index contributed by atoms with van der Waals surface area (Å²) in [6.07, 6.45) is 4.69. The Balaban J connectivity index is 1.41. The fraction of sp³-hybridized carbons (Fsp3) is 0.320. The number of aliphatic carboxylic acids is 1. The normalized spacial score (nSPS) is 24.1. The largest absolute Gasteiger partial charge is 0.481 e. The lowest BCUT2D eigenvalue weighted by Crippen LogP contribution is -2.36. The van der Waals surface area contributed by atoms with Crippen LogP contribution in [0.3, 0.4) is 0 Å². The van der Waals surface area contributed by atoms with Crippen LogP contribution in [0.25, 0.3) is 10.8 Å². The summed E-state index contributed by atoms with van der Waals surface area (Å²) in [5.74, 6) is -2.35. The van der Waals surface area contributed by atoms with Gasteiger partial charge in [-0.15, -0.1) is 0 Å². The van der Waals surface area contributed by atoms with E-state index < -0.39 is 17.8 Å². The molecule has 31 heavy (non-hydrogen) atoms. The number of carboxylic acids is 1. The standard InChI is InChI=1S/C25H25N3O3/c1-14-23(26-24(29)21-17-10-11-18(12-17)22(21)25(30)31)15(2)28(27-14)13-19-8-5-7-16-6-3-4-9-20(16)19/h3-11,17-18,21-22H,12-13H2,1-2H3,(H,26,29)(H,30,31). The van der Waals surface area contributed by atoms with E-state index in [0.717, 1.165) is 23.4 Å². The van der Waals surface area contributed by atoms with Crippen molar-refractivity contribution in [3.63, 3.8) is 0 Å². The SMILES string of the molecule is Cc1nn(Cc2cccc3ccccc23)c(C)c1NC(=O)C1C2C=CC(C2)C1C(=O)O. The Morgan fingerprint density at radius 2 is 1.77 bits per heavy atom. The van der Waals surface area contributed by atoms with Crippen LogP contribution in [0.4, 0.5) is 5.69 Å². The first kappa shape index (κ1) is 19.5.